The van der Waals surface area contributed by atoms with Crippen LogP contribution in [0.2, 0.25) is 0 Å². The lowest BCUT2D eigenvalue weighted by molar-refractivity contribution is -0.121. The zero-order valence-electron chi connectivity index (χ0n) is 13.6. The second kappa shape index (κ2) is 7.42. The third-order valence-electron chi connectivity index (χ3n) is 4.38. The number of carbonyl (C=O) groups excluding carboxylic acids is 1. The van der Waals surface area contributed by atoms with E-state index in [0.717, 1.165) is 55.7 Å². The van der Waals surface area contributed by atoms with Crippen LogP contribution in [0.1, 0.15) is 26.2 Å². The van der Waals surface area contributed by atoms with Crippen molar-refractivity contribution in [3.8, 4) is 11.1 Å². The first-order valence-corrected chi connectivity index (χ1v) is 8.38. The third kappa shape index (κ3) is 3.99. The summed E-state index contributed by atoms with van der Waals surface area (Å²) in [6, 6.07) is 7.91. The van der Waals surface area contributed by atoms with Crippen LogP contribution in [-0.4, -0.2) is 40.6 Å². The van der Waals surface area contributed by atoms with Gasteiger partial charge in [-0.1, -0.05) is 19.1 Å². The Morgan fingerprint density at radius 1 is 1.43 bits per heavy atom. The summed E-state index contributed by atoms with van der Waals surface area (Å²) in [7, 11) is 0. The smallest absolute Gasteiger partial charge is 0.228 e. The second-order valence-electron chi connectivity index (χ2n) is 6.20. The van der Waals surface area contributed by atoms with E-state index in [9.17, 15) is 4.79 Å². The number of anilines is 1. The van der Waals surface area contributed by atoms with Crippen molar-refractivity contribution >= 4 is 11.6 Å². The van der Waals surface area contributed by atoms with Crippen molar-refractivity contribution in [1.82, 2.24) is 15.1 Å². The molecule has 0 spiro atoms. The number of likely N-dealkylation sites (tertiary alicyclic amines) is 1. The number of hydrogen-bond acceptors (Lipinski definition) is 3. The van der Waals surface area contributed by atoms with Crippen molar-refractivity contribution in [1.29, 1.82) is 0 Å². The van der Waals surface area contributed by atoms with E-state index in [1.165, 1.54) is 0 Å². The van der Waals surface area contributed by atoms with Crippen LogP contribution in [0.4, 0.5) is 5.69 Å². The summed E-state index contributed by atoms with van der Waals surface area (Å²) in [6.07, 6.45) is 6.86. The quantitative estimate of drug-likeness (QED) is 0.891. The van der Waals surface area contributed by atoms with Crippen molar-refractivity contribution in [3.63, 3.8) is 0 Å². The molecule has 1 amide bonds. The first-order chi connectivity index (χ1) is 11.3. The lowest BCUT2D eigenvalue weighted by Gasteiger charge is -2.31. The Morgan fingerprint density at radius 2 is 2.35 bits per heavy atom. The molecule has 0 bridgehead atoms. The molecule has 2 aromatic rings. The van der Waals surface area contributed by atoms with E-state index in [4.69, 9.17) is 0 Å². The predicted molar refractivity (Wildman–Crippen MR) is 92.1 cm³/mol. The highest BCUT2D eigenvalue weighted by molar-refractivity contribution is 5.93. The van der Waals surface area contributed by atoms with Gasteiger partial charge in [0, 0.05) is 24.0 Å². The molecule has 1 fully saturated rings. The lowest BCUT2D eigenvalue weighted by Crippen LogP contribution is -2.40. The molecule has 2 heterocycles. The Balaban J connectivity index is 1.65. The molecule has 5 nitrogen and oxygen atoms in total. The summed E-state index contributed by atoms with van der Waals surface area (Å²) < 4.78 is 0. The van der Waals surface area contributed by atoms with Gasteiger partial charge < -0.3 is 10.2 Å². The summed E-state index contributed by atoms with van der Waals surface area (Å²) >= 11 is 0. The van der Waals surface area contributed by atoms with Crippen LogP contribution in [0.5, 0.6) is 0 Å². The molecule has 5 heteroatoms. The Kier molecular flexibility index (Phi) is 5.08. The van der Waals surface area contributed by atoms with Crippen molar-refractivity contribution in [2.75, 3.05) is 25.0 Å². The van der Waals surface area contributed by atoms with Gasteiger partial charge in [0.2, 0.25) is 5.91 Å². The maximum atomic E-state index is 12.6. The molecule has 2 N–H and O–H groups in total. The molecule has 1 aromatic carbocycles. The molecule has 3 rings (SSSR count). The van der Waals surface area contributed by atoms with E-state index in [1.807, 2.05) is 30.5 Å². The van der Waals surface area contributed by atoms with Gasteiger partial charge in [-0.2, -0.15) is 5.10 Å². The largest absolute Gasteiger partial charge is 0.326 e. The Bertz CT molecular complexity index is 636. The fourth-order valence-corrected chi connectivity index (χ4v) is 3.22. The normalized spacial score (nSPS) is 18.7. The zero-order chi connectivity index (χ0) is 16.1. The molecule has 0 aliphatic carbocycles. The highest BCUT2D eigenvalue weighted by Crippen LogP contribution is 2.23. The van der Waals surface area contributed by atoms with Gasteiger partial charge in [0.25, 0.3) is 0 Å². The number of aromatic amines is 1. The minimum Gasteiger partial charge on any atom is -0.326 e. The number of amides is 1. The number of benzene rings is 1. The number of rotatable bonds is 5. The van der Waals surface area contributed by atoms with Crippen LogP contribution >= 0.6 is 0 Å². The fraction of sp³-hybridized carbons (Fsp3) is 0.444. The number of carbonyl (C=O) groups is 1. The lowest BCUT2D eigenvalue weighted by atomic mass is 9.97. The van der Waals surface area contributed by atoms with Gasteiger partial charge in [-0.3, -0.25) is 9.89 Å². The molecule has 1 aliphatic heterocycles. The first kappa shape index (κ1) is 15.7. The molecule has 122 valence electrons. The molecule has 1 aliphatic rings. The molecule has 23 heavy (non-hydrogen) atoms. The molecular weight excluding hydrogens is 288 g/mol. The number of H-pyrrole nitrogens is 1. The van der Waals surface area contributed by atoms with Gasteiger partial charge in [-0.05, 0) is 50.0 Å². The van der Waals surface area contributed by atoms with E-state index in [0.29, 0.717) is 0 Å². The fourth-order valence-electron chi connectivity index (χ4n) is 3.22. The molecule has 1 aromatic heterocycles. The minimum atomic E-state index is 0.0906. The number of nitrogens with zero attached hydrogens (tertiary/aromatic N) is 2. The summed E-state index contributed by atoms with van der Waals surface area (Å²) in [5, 5.41) is 9.87. The Morgan fingerprint density at radius 3 is 3.13 bits per heavy atom. The van der Waals surface area contributed by atoms with Crippen LogP contribution in [0.15, 0.2) is 36.7 Å². The van der Waals surface area contributed by atoms with E-state index >= 15 is 0 Å². The number of piperidine rings is 1. The number of nitrogens with one attached hydrogen (secondary N) is 2. The molecule has 1 saturated heterocycles. The average Bonchev–Trinajstić information content (AvgIpc) is 3.10. The summed E-state index contributed by atoms with van der Waals surface area (Å²) in [5.74, 6) is 0.225. The molecule has 1 atom stereocenters. The minimum absolute atomic E-state index is 0.0906. The van der Waals surface area contributed by atoms with Crippen molar-refractivity contribution in [2.24, 2.45) is 5.92 Å². The van der Waals surface area contributed by atoms with Gasteiger partial charge >= 0.3 is 0 Å². The number of aromatic nitrogens is 2. The van der Waals surface area contributed by atoms with Crippen LogP contribution < -0.4 is 5.32 Å². The van der Waals surface area contributed by atoms with Gasteiger partial charge in [0.05, 0.1) is 12.1 Å². The molecule has 0 radical (unpaired) electrons. The topological polar surface area (TPSA) is 61.0 Å². The molecule has 0 saturated carbocycles. The van der Waals surface area contributed by atoms with Crippen molar-refractivity contribution < 1.29 is 4.79 Å². The van der Waals surface area contributed by atoms with E-state index in [-0.39, 0.29) is 11.8 Å². The zero-order valence-corrected chi connectivity index (χ0v) is 13.6. The maximum Gasteiger partial charge on any atom is 0.228 e. The van der Waals surface area contributed by atoms with E-state index in [2.05, 4.69) is 27.3 Å². The third-order valence-corrected chi connectivity index (χ3v) is 4.38. The van der Waals surface area contributed by atoms with Crippen molar-refractivity contribution in [3.05, 3.63) is 36.7 Å². The standard InChI is InChI=1S/C18H24N4O/c1-2-8-22-9-4-6-15(13-22)18(23)21-17-7-3-5-14(10-17)16-11-19-20-12-16/h3,5,7,10-12,15H,2,4,6,8-9,13H2,1H3,(H,19,20)(H,21,23). The predicted octanol–water partition coefficient (Wildman–Crippen LogP) is 3.14. The van der Waals surface area contributed by atoms with Gasteiger partial charge in [-0.15, -0.1) is 0 Å². The first-order valence-electron chi connectivity index (χ1n) is 8.38. The van der Waals surface area contributed by atoms with Crippen LogP contribution in [-0.2, 0) is 4.79 Å². The summed E-state index contributed by atoms with van der Waals surface area (Å²) in [4.78, 5) is 15.0. The van der Waals surface area contributed by atoms with Crippen LogP contribution in [0, 0.1) is 5.92 Å². The highest BCUT2D eigenvalue weighted by atomic mass is 16.1. The van der Waals surface area contributed by atoms with Crippen LogP contribution in [0.3, 0.4) is 0 Å². The Hall–Kier alpha value is -2.14. The van der Waals surface area contributed by atoms with E-state index < -0.39 is 0 Å². The maximum absolute atomic E-state index is 12.6. The van der Waals surface area contributed by atoms with E-state index in [1.54, 1.807) is 6.20 Å². The Labute approximate surface area is 137 Å². The van der Waals surface area contributed by atoms with Gasteiger partial charge in [0.15, 0.2) is 0 Å². The monoisotopic (exact) mass is 312 g/mol. The highest BCUT2D eigenvalue weighted by Gasteiger charge is 2.25. The van der Waals surface area contributed by atoms with Gasteiger partial charge in [0.1, 0.15) is 0 Å². The van der Waals surface area contributed by atoms with Gasteiger partial charge in [-0.25, -0.2) is 0 Å². The number of hydrogen-bond donors (Lipinski definition) is 2. The second-order valence-corrected chi connectivity index (χ2v) is 6.20. The summed E-state index contributed by atoms with van der Waals surface area (Å²) in [6.45, 7) is 5.26. The molecular formula is C18H24N4O. The SMILES string of the molecule is CCCN1CCCC(C(=O)Nc2cccc(-c3cn[nH]c3)c2)C1. The van der Waals surface area contributed by atoms with Crippen molar-refractivity contribution in [2.45, 2.75) is 26.2 Å². The average molecular weight is 312 g/mol. The summed E-state index contributed by atoms with van der Waals surface area (Å²) in [5.41, 5.74) is 2.92. The van der Waals surface area contributed by atoms with Crippen LogP contribution in [0.25, 0.3) is 11.1 Å². The molecule has 1 unspecified atom stereocenters.